The van der Waals surface area contributed by atoms with Gasteiger partial charge in [-0.2, -0.15) is 0 Å². The van der Waals surface area contributed by atoms with E-state index in [4.69, 9.17) is 41.3 Å². The molecule has 1 aliphatic rings. The summed E-state index contributed by atoms with van der Waals surface area (Å²) < 4.78 is 21.1. The maximum absolute atomic E-state index is 10.9. The third-order valence-corrected chi connectivity index (χ3v) is 5.94. The molecular formula is C11H24N2O10P2. The van der Waals surface area contributed by atoms with Crippen LogP contribution in [0.1, 0.15) is 32.1 Å². The van der Waals surface area contributed by atoms with E-state index in [1.807, 2.05) is 0 Å². The Bertz CT molecular complexity index is 573. The molecule has 0 amide bonds. The molecule has 0 bridgehead atoms. The van der Waals surface area contributed by atoms with Crippen molar-refractivity contribution in [3.8, 4) is 0 Å². The summed E-state index contributed by atoms with van der Waals surface area (Å²) >= 11 is 0. The predicted octanol–water partition coefficient (Wildman–Crippen LogP) is -1.15. The third kappa shape index (κ3) is 9.43. The topological polar surface area (TPSA) is 242 Å². The van der Waals surface area contributed by atoms with Crippen LogP contribution in [0.2, 0.25) is 0 Å². The van der Waals surface area contributed by atoms with E-state index >= 15 is 0 Å². The molecule has 1 fully saturated rings. The summed E-state index contributed by atoms with van der Waals surface area (Å²) in [6.07, 6.45) is 0.223. The maximum atomic E-state index is 10.9. The molecule has 14 heteroatoms. The van der Waals surface area contributed by atoms with Gasteiger partial charge in [0.05, 0.1) is 11.8 Å². The smallest absolute Gasteiger partial charge is 0.328 e. The van der Waals surface area contributed by atoms with Crippen LogP contribution >= 0.6 is 15.2 Å². The number of carboxylic acids is 2. The highest BCUT2D eigenvalue weighted by molar-refractivity contribution is 7.52. The van der Waals surface area contributed by atoms with Crippen molar-refractivity contribution in [2.75, 3.05) is 6.16 Å². The average molecular weight is 406 g/mol. The fraction of sp³-hybridized carbons (Fsp3) is 0.818. The van der Waals surface area contributed by atoms with E-state index < -0.39 is 50.5 Å². The van der Waals surface area contributed by atoms with E-state index in [9.17, 15) is 18.7 Å². The van der Waals surface area contributed by atoms with E-state index in [-0.39, 0.29) is 19.3 Å². The molecule has 25 heavy (non-hydrogen) atoms. The van der Waals surface area contributed by atoms with Gasteiger partial charge in [0.1, 0.15) is 11.6 Å². The molecule has 0 aliphatic heterocycles. The molecule has 1 saturated carbocycles. The molecule has 0 saturated heterocycles. The molecule has 0 aromatic rings. The van der Waals surface area contributed by atoms with Crippen molar-refractivity contribution < 1.29 is 48.5 Å². The van der Waals surface area contributed by atoms with Crippen LogP contribution in [-0.4, -0.2) is 65.1 Å². The normalized spacial score (nSPS) is 25.4. The number of carbonyl (C=O) groups is 2. The lowest BCUT2D eigenvalue weighted by Crippen LogP contribution is -2.52. The zero-order chi connectivity index (χ0) is 20.1. The van der Waals surface area contributed by atoms with Gasteiger partial charge in [-0.1, -0.05) is 6.42 Å². The summed E-state index contributed by atoms with van der Waals surface area (Å²) in [5.41, 5.74) is 8.15. The second-order valence-corrected chi connectivity index (χ2v) is 9.61. The molecule has 0 aromatic carbocycles. The molecular weight excluding hydrogens is 382 g/mol. The Labute approximate surface area is 143 Å². The zero-order valence-electron chi connectivity index (χ0n) is 13.3. The van der Waals surface area contributed by atoms with Crippen LogP contribution in [-0.2, 0) is 18.7 Å². The highest BCUT2D eigenvalue weighted by Gasteiger charge is 2.44. The molecule has 12 nitrogen and oxygen atoms in total. The van der Waals surface area contributed by atoms with Crippen molar-refractivity contribution in [2.24, 2.45) is 11.5 Å². The van der Waals surface area contributed by atoms with E-state index in [1.54, 1.807) is 0 Å². The summed E-state index contributed by atoms with van der Waals surface area (Å²) in [5.74, 6) is -2.44. The van der Waals surface area contributed by atoms with E-state index in [2.05, 4.69) is 0 Å². The number of hydrogen-bond acceptors (Lipinski definition) is 6. The van der Waals surface area contributed by atoms with Gasteiger partial charge in [0.15, 0.2) is 0 Å². The zero-order valence-corrected chi connectivity index (χ0v) is 15.1. The van der Waals surface area contributed by atoms with Crippen molar-refractivity contribution in [3.05, 3.63) is 0 Å². The van der Waals surface area contributed by atoms with Crippen LogP contribution in [0, 0.1) is 0 Å². The first-order chi connectivity index (χ1) is 11.1. The van der Waals surface area contributed by atoms with Gasteiger partial charge >= 0.3 is 27.1 Å². The Kier molecular flexibility index (Phi) is 8.89. The van der Waals surface area contributed by atoms with Crippen LogP contribution in [0.25, 0.3) is 0 Å². The summed E-state index contributed by atoms with van der Waals surface area (Å²) in [7, 11) is -8.31. The van der Waals surface area contributed by atoms with Crippen molar-refractivity contribution >= 4 is 27.1 Å². The summed E-state index contributed by atoms with van der Waals surface area (Å²) in [6.45, 7) is 0. The molecule has 1 rings (SSSR count). The Morgan fingerprint density at radius 1 is 1.16 bits per heavy atom. The number of nitrogens with two attached hydrogens (primary N) is 2. The molecule has 0 spiro atoms. The van der Waals surface area contributed by atoms with Crippen LogP contribution in [0.15, 0.2) is 0 Å². The fourth-order valence-electron chi connectivity index (χ4n) is 2.19. The monoisotopic (exact) mass is 406 g/mol. The molecule has 10 N–H and O–H groups in total. The maximum Gasteiger partial charge on any atom is 0.328 e. The number of hydrogen-bond donors (Lipinski definition) is 8. The van der Waals surface area contributed by atoms with Crippen LogP contribution < -0.4 is 11.5 Å². The van der Waals surface area contributed by atoms with Gasteiger partial charge in [0.2, 0.25) is 0 Å². The Balaban J connectivity index is 0.000000477. The lowest BCUT2D eigenvalue weighted by atomic mass is 9.82. The molecule has 148 valence electrons. The summed E-state index contributed by atoms with van der Waals surface area (Å²) in [4.78, 5) is 55.3. The highest BCUT2D eigenvalue weighted by Crippen LogP contribution is 2.49. The van der Waals surface area contributed by atoms with Crippen molar-refractivity contribution in [3.63, 3.8) is 0 Å². The molecule has 1 unspecified atom stereocenters. The van der Waals surface area contributed by atoms with Gasteiger partial charge < -0.3 is 41.3 Å². The largest absolute Gasteiger partial charge is 0.480 e. The average Bonchev–Trinajstić information content (AvgIpc) is 2.43. The van der Waals surface area contributed by atoms with Gasteiger partial charge in [0.25, 0.3) is 0 Å². The van der Waals surface area contributed by atoms with E-state index in [1.165, 1.54) is 0 Å². The highest BCUT2D eigenvalue weighted by atomic mass is 31.2. The lowest BCUT2D eigenvalue weighted by molar-refractivity contribution is -0.144. The van der Waals surface area contributed by atoms with Gasteiger partial charge in [-0.15, -0.1) is 0 Å². The van der Waals surface area contributed by atoms with Gasteiger partial charge in [-0.3, -0.25) is 18.7 Å². The predicted molar refractivity (Wildman–Crippen MR) is 86.0 cm³/mol. The first-order valence-corrected chi connectivity index (χ1v) is 10.7. The van der Waals surface area contributed by atoms with Crippen molar-refractivity contribution in [1.82, 2.24) is 0 Å². The second-order valence-electron chi connectivity index (χ2n) is 5.92. The van der Waals surface area contributed by atoms with Crippen molar-refractivity contribution in [2.45, 2.75) is 49.3 Å². The molecule has 1 aliphatic carbocycles. The van der Waals surface area contributed by atoms with Gasteiger partial charge in [-0.25, -0.2) is 0 Å². The first-order valence-electron chi connectivity index (χ1n) is 7.19. The standard InChI is InChI=1S/C7H14NO5P.C4H10NO5P/c8-7(6(9)10)3-1-2-5(4-7)14(11,12)13;5-3(4(6)7)1-2-11(8,9)10/h5H,1-4,8H2,(H,9,10)(H2,11,12,13);3H,1-2,5H2,(H,6,7)(H2,8,9,10)/t5-,7-;/m0./s1. The Morgan fingerprint density at radius 3 is 2.04 bits per heavy atom. The number of carboxylic acid groups (broad SMARTS) is 2. The quantitative estimate of drug-likeness (QED) is 0.244. The van der Waals surface area contributed by atoms with E-state index in [0.29, 0.717) is 12.8 Å². The number of rotatable bonds is 6. The first kappa shape index (κ1) is 24.2. The molecule has 0 heterocycles. The van der Waals surface area contributed by atoms with E-state index in [0.717, 1.165) is 0 Å². The van der Waals surface area contributed by atoms with Gasteiger partial charge in [0, 0.05) is 0 Å². The molecule has 0 radical (unpaired) electrons. The minimum atomic E-state index is -4.20. The van der Waals surface area contributed by atoms with Crippen LogP contribution in [0.4, 0.5) is 0 Å². The minimum absolute atomic E-state index is 0.146. The molecule has 3 atom stereocenters. The third-order valence-electron chi connectivity index (χ3n) is 3.71. The summed E-state index contributed by atoms with van der Waals surface area (Å²) in [6, 6.07) is -1.19. The SMILES string of the molecule is NC(CCP(=O)(O)O)C(=O)O.N[C@@]1(C(=O)O)CCC[C@H](P(=O)(O)O)C1. The minimum Gasteiger partial charge on any atom is -0.480 e. The Hall–Kier alpha value is -0.840. The van der Waals surface area contributed by atoms with Gasteiger partial charge in [-0.05, 0) is 25.7 Å². The van der Waals surface area contributed by atoms with Crippen LogP contribution in [0.3, 0.4) is 0 Å². The summed E-state index contributed by atoms with van der Waals surface area (Å²) in [5, 5.41) is 17.0. The van der Waals surface area contributed by atoms with Crippen molar-refractivity contribution in [1.29, 1.82) is 0 Å². The Morgan fingerprint density at radius 2 is 1.68 bits per heavy atom. The molecule has 0 aromatic heterocycles. The fourth-order valence-corrected chi connectivity index (χ4v) is 3.89. The number of aliphatic carboxylic acids is 2. The lowest BCUT2D eigenvalue weighted by Gasteiger charge is -2.34. The van der Waals surface area contributed by atoms with Crippen LogP contribution in [0.5, 0.6) is 0 Å². The second kappa shape index (κ2) is 9.20.